The van der Waals surface area contributed by atoms with E-state index in [0.717, 1.165) is 17.6 Å². The number of hydrogen-bond donors (Lipinski definition) is 0. The second kappa shape index (κ2) is 5.56. The molecule has 1 atom stereocenters. The fourth-order valence-electron chi connectivity index (χ4n) is 3.83. The first kappa shape index (κ1) is 13.0. The number of aromatic nitrogens is 4. The lowest BCUT2D eigenvalue weighted by molar-refractivity contribution is 0.179. The van der Waals surface area contributed by atoms with Crippen molar-refractivity contribution in [1.29, 1.82) is 0 Å². The third-order valence-corrected chi connectivity index (χ3v) is 4.84. The number of rotatable bonds is 3. The Bertz CT molecular complexity index is 588. The van der Waals surface area contributed by atoms with Crippen molar-refractivity contribution in [2.45, 2.75) is 50.6 Å². The largest absolute Gasteiger partial charge is 0.292 e. The lowest BCUT2D eigenvalue weighted by Crippen LogP contribution is -2.33. The van der Waals surface area contributed by atoms with E-state index in [0.29, 0.717) is 6.04 Å². The lowest BCUT2D eigenvalue weighted by Gasteiger charge is -2.30. The summed E-state index contributed by atoms with van der Waals surface area (Å²) >= 11 is 0. The highest BCUT2D eigenvalue weighted by molar-refractivity contribution is 5.21. The summed E-state index contributed by atoms with van der Waals surface area (Å²) in [4.78, 5) is 16.0. The van der Waals surface area contributed by atoms with Gasteiger partial charge in [0.2, 0.25) is 0 Å². The predicted molar refractivity (Wildman–Crippen MR) is 80.1 cm³/mol. The minimum absolute atomic E-state index is 0.448. The van der Waals surface area contributed by atoms with Crippen molar-refractivity contribution in [3.05, 3.63) is 36.8 Å². The minimum atomic E-state index is 0.448. The van der Waals surface area contributed by atoms with Crippen LogP contribution in [0.3, 0.4) is 0 Å². The molecular formula is C16H21N5. The average molecular weight is 283 g/mol. The first-order valence-corrected chi connectivity index (χ1v) is 7.98. The monoisotopic (exact) mass is 283 g/mol. The van der Waals surface area contributed by atoms with Crippen molar-refractivity contribution in [3.63, 3.8) is 0 Å². The van der Waals surface area contributed by atoms with E-state index in [1.807, 2.05) is 17.0 Å². The van der Waals surface area contributed by atoms with Crippen LogP contribution in [-0.2, 0) is 0 Å². The minimum Gasteiger partial charge on any atom is -0.292 e. The fraction of sp³-hybridized carbons (Fsp3) is 0.562. The van der Waals surface area contributed by atoms with Gasteiger partial charge >= 0.3 is 0 Å². The molecule has 0 N–H and O–H groups in total. The van der Waals surface area contributed by atoms with E-state index in [1.54, 1.807) is 18.7 Å². The van der Waals surface area contributed by atoms with Crippen molar-refractivity contribution < 1.29 is 0 Å². The van der Waals surface area contributed by atoms with Crippen LogP contribution < -0.4 is 0 Å². The molecule has 1 aliphatic carbocycles. The van der Waals surface area contributed by atoms with Crippen molar-refractivity contribution >= 4 is 0 Å². The second-order valence-corrected chi connectivity index (χ2v) is 6.11. The van der Waals surface area contributed by atoms with Crippen molar-refractivity contribution in [1.82, 2.24) is 24.4 Å². The van der Waals surface area contributed by atoms with E-state index in [1.165, 1.54) is 45.1 Å². The summed E-state index contributed by atoms with van der Waals surface area (Å²) < 4.78 is 1.92. The zero-order valence-corrected chi connectivity index (χ0v) is 12.2. The number of hydrogen-bond acceptors (Lipinski definition) is 4. The van der Waals surface area contributed by atoms with E-state index in [-0.39, 0.29) is 0 Å². The Morgan fingerprint density at radius 2 is 1.90 bits per heavy atom. The molecule has 1 saturated heterocycles. The van der Waals surface area contributed by atoms with Crippen molar-refractivity contribution in [2.75, 3.05) is 6.54 Å². The molecule has 110 valence electrons. The molecule has 0 spiro atoms. The van der Waals surface area contributed by atoms with Crippen LogP contribution in [-0.4, -0.2) is 37.0 Å². The molecule has 3 heterocycles. The summed E-state index contributed by atoms with van der Waals surface area (Å²) in [7, 11) is 0. The van der Waals surface area contributed by atoms with Crippen molar-refractivity contribution in [2.24, 2.45) is 0 Å². The van der Waals surface area contributed by atoms with Gasteiger partial charge in [-0.2, -0.15) is 0 Å². The van der Waals surface area contributed by atoms with Gasteiger partial charge in [-0.25, -0.2) is 9.97 Å². The van der Waals surface area contributed by atoms with Crippen LogP contribution in [0.5, 0.6) is 0 Å². The summed E-state index contributed by atoms with van der Waals surface area (Å²) in [6, 6.07) is 1.21. The van der Waals surface area contributed by atoms with Gasteiger partial charge in [-0.15, -0.1) is 0 Å². The Balaban J connectivity index is 1.61. The maximum absolute atomic E-state index is 4.84. The Kier molecular flexibility index (Phi) is 3.43. The van der Waals surface area contributed by atoms with E-state index < -0.39 is 0 Å². The molecule has 5 heteroatoms. The van der Waals surface area contributed by atoms with Gasteiger partial charge < -0.3 is 0 Å². The highest BCUT2D eigenvalue weighted by Gasteiger charge is 2.34. The maximum Gasteiger partial charge on any atom is 0.156 e. The summed E-state index contributed by atoms with van der Waals surface area (Å²) in [5, 5.41) is 0. The summed E-state index contributed by atoms with van der Waals surface area (Å²) in [5.41, 5.74) is 1.12. The van der Waals surface area contributed by atoms with E-state index in [9.17, 15) is 0 Å². The molecule has 2 aromatic rings. The van der Waals surface area contributed by atoms with E-state index >= 15 is 0 Å². The predicted octanol–water partition coefficient (Wildman–Crippen LogP) is 2.74. The fourth-order valence-corrected chi connectivity index (χ4v) is 3.83. The van der Waals surface area contributed by atoms with Gasteiger partial charge in [-0.05, 0) is 32.2 Å². The first-order chi connectivity index (χ1) is 10.4. The van der Waals surface area contributed by atoms with Crippen LogP contribution in [0.4, 0.5) is 0 Å². The maximum atomic E-state index is 4.84. The lowest BCUT2D eigenvalue weighted by atomic mass is 10.1. The smallest absolute Gasteiger partial charge is 0.156 e. The van der Waals surface area contributed by atoms with Crippen LogP contribution in [0.25, 0.3) is 5.82 Å². The van der Waals surface area contributed by atoms with Crippen LogP contribution in [0, 0.1) is 0 Å². The van der Waals surface area contributed by atoms with Crippen LogP contribution >= 0.6 is 0 Å². The Hall–Kier alpha value is -1.75. The molecule has 0 amide bonds. The third kappa shape index (κ3) is 2.46. The van der Waals surface area contributed by atoms with E-state index in [4.69, 9.17) is 4.98 Å². The molecule has 1 aliphatic heterocycles. The van der Waals surface area contributed by atoms with Gasteiger partial charge in [-0.3, -0.25) is 14.5 Å². The molecule has 2 aliphatic rings. The SMILES string of the molecule is c1cn(-c2cncc([C@H]3CCCN3C3CCCC3)n2)cn1. The topological polar surface area (TPSA) is 46.8 Å². The Labute approximate surface area is 125 Å². The molecule has 2 aromatic heterocycles. The van der Waals surface area contributed by atoms with Crippen LogP contribution in [0.15, 0.2) is 31.1 Å². The van der Waals surface area contributed by atoms with Gasteiger partial charge in [0, 0.05) is 18.4 Å². The Morgan fingerprint density at radius 1 is 1.00 bits per heavy atom. The van der Waals surface area contributed by atoms with Gasteiger partial charge in [-0.1, -0.05) is 12.8 Å². The van der Waals surface area contributed by atoms with Crippen LogP contribution in [0.1, 0.15) is 50.3 Å². The number of likely N-dealkylation sites (tertiary alicyclic amines) is 1. The van der Waals surface area contributed by atoms with Gasteiger partial charge in [0.1, 0.15) is 6.33 Å². The molecule has 5 nitrogen and oxygen atoms in total. The van der Waals surface area contributed by atoms with Gasteiger partial charge in [0.25, 0.3) is 0 Å². The molecule has 0 bridgehead atoms. The summed E-state index contributed by atoms with van der Waals surface area (Å²) in [6.45, 7) is 1.21. The van der Waals surface area contributed by atoms with E-state index in [2.05, 4.69) is 14.9 Å². The highest BCUT2D eigenvalue weighted by atomic mass is 15.2. The molecule has 21 heavy (non-hydrogen) atoms. The number of nitrogens with zero attached hydrogens (tertiary/aromatic N) is 5. The van der Waals surface area contributed by atoms with Crippen LogP contribution in [0.2, 0.25) is 0 Å². The molecule has 0 radical (unpaired) electrons. The summed E-state index contributed by atoms with van der Waals surface area (Å²) in [6.07, 6.45) is 17.2. The second-order valence-electron chi connectivity index (χ2n) is 6.11. The molecule has 1 saturated carbocycles. The zero-order valence-electron chi connectivity index (χ0n) is 12.2. The normalized spacial score (nSPS) is 23.9. The average Bonchev–Trinajstić information content (AvgIpc) is 3.26. The quantitative estimate of drug-likeness (QED) is 0.869. The standard InChI is InChI=1S/C16H21N5/c1-2-5-13(4-1)21-8-3-6-15(21)14-10-18-11-16(19-14)20-9-7-17-12-20/h7,9-13,15H,1-6,8H2/t15-/m1/s1. The van der Waals surface area contributed by atoms with Crippen molar-refractivity contribution in [3.8, 4) is 5.82 Å². The first-order valence-electron chi connectivity index (χ1n) is 7.98. The highest BCUT2D eigenvalue weighted by Crippen LogP contribution is 2.37. The summed E-state index contributed by atoms with van der Waals surface area (Å²) in [5.74, 6) is 0.864. The molecule has 2 fully saturated rings. The molecule has 4 rings (SSSR count). The molecular weight excluding hydrogens is 262 g/mol. The molecule has 0 aromatic carbocycles. The Morgan fingerprint density at radius 3 is 2.71 bits per heavy atom. The number of imidazole rings is 1. The molecule has 0 unspecified atom stereocenters. The zero-order chi connectivity index (χ0) is 14.1. The van der Waals surface area contributed by atoms with Gasteiger partial charge in [0.15, 0.2) is 5.82 Å². The third-order valence-electron chi connectivity index (χ3n) is 4.84. The van der Waals surface area contributed by atoms with Gasteiger partial charge in [0.05, 0.1) is 24.1 Å².